The zero-order valence-electron chi connectivity index (χ0n) is 18.2. The molecule has 6 nitrogen and oxygen atoms in total. The van der Waals surface area contributed by atoms with Crippen molar-refractivity contribution in [3.8, 4) is 0 Å². The predicted octanol–water partition coefficient (Wildman–Crippen LogP) is 3.96. The van der Waals surface area contributed by atoms with Crippen LogP contribution in [0.3, 0.4) is 0 Å². The molecule has 1 amide bonds. The van der Waals surface area contributed by atoms with Gasteiger partial charge in [0.05, 0.1) is 9.79 Å². The number of nitrogens with zero attached hydrogens (tertiary/aromatic N) is 1. The van der Waals surface area contributed by atoms with Crippen molar-refractivity contribution < 1.29 is 21.6 Å². The lowest BCUT2D eigenvalue weighted by Crippen LogP contribution is -2.38. The van der Waals surface area contributed by atoms with Crippen molar-refractivity contribution in [3.63, 3.8) is 0 Å². The third-order valence-corrected chi connectivity index (χ3v) is 8.56. The minimum absolute atomic E-state index is 0.00509. The smallest absolute Gasteiger partial charge is 0.265 e. The number of benzene rings is 2. The third kappa shape index (κ3) is 5.55. The second-order valence-corrected chi connectivity index (χ2v) is 11.6. The molecule has 0 aromatic heterocycles. The van der Waals surface area contributed by atoms with E-state index in [1.165, 1.54) is 29.2 Å². The maximum absolute atomic E-state index is 13.3. The quantitative estimate of drug-likeness (QED) is 0.468. The van der Waals surface area contributed by atoms with Gasteiger partial charge in [0.15, 0.2) is 9.84 Å². The van der Waals surface area contributed by atoms with Gasteiger partial charge in [0.1, 0.15) is 4.91 Å². The first-order chi connectivity index (χ1) is 15.1. The van der Waals surface area contributed by atoms with Crippen LogP contribution in [0.1, 0.15) is 30.4 Å². The lowest BCUT2D eigenvalue weighted by molar-refractivity contribution is -0.127. The molecule has 1 aliphatic rings. The molecule has 2 aromatic carbocycles. The normalized spacial score (nSPS) is 15.8. The van der Waals surface area contributed by atoms with Crippen LogP contribution in [-0.4, -0.2) is 40.7 Å². The van der Waals surface area contributed by atoms with Crippen molar-refractivity contribution in [1.82, 2.24) is 4.90 Å². The van der Waals surface area contributed by atoms with Crippen molar-refractivity contribution in [2.24, 2.45) is 0 Å². The molecule has 170 valence electrons. The van der Waals surface area contributed by atoms with Gasteiger partial charge in [0.2, 0.25) is 9.84 Å². The molecule has 1 fully saturated rings. The van der Waals surface area contributed by atoms with E-state index in [1.807, 2.05) is 13.8 Å². The fourth-order valence-electron chi connectivity index (χ4n) is 3.41. The van der Waals surface area contributed by atoms with E-state index in [0.717, 1.165) is 47.9 Å². The monoisotopic (exact) mass is 473 g/mol. The number of sulfone groups is 2. The zero-order chi connectivity index (χ0) is 23.4. The Labute approximate surface area is 190 Å². The molecule has 3 rings (SSSR count). The molecule has 1 saturated heterocycles. The fraction of sp³-hybridized carbons (Fsp3) is 0.292. The van der Waals surface area contributed by atoms with Gasteiger partial charge in [-0.2, -0.15) is 0 Å². The number of hydrogen-bond donors (Lipinski definition) is 0. The minimum Gasteiger partial charge on any atom is -0.338 e. The highest BCUT2D eigenvalue weighted by molar-refractivity contribution is 7.96. The number of carbonyl (C=O) groups is 1. The van der Waals surface area contributed by atoms with Crippen molar-refractivity contribution >= 4 is 25.6 Å². The lowest BCUT2D eigenvalue weighted by Gasteiger charge is -2.27. The van der Waals surface area contributed by atoms with Crippen LogP contribution in [0.4, 0.5) is 0 Å². The van der Waals surface area contributed by atoms with Crippen molar-refractivity contribution in [2.45, 2.75) is 42.9 Å². The Bertz CT molecular complexity index is 1230. The van der Waals surface area contributed by atoms with Crippen LogP contribution in [0.2, 0.25) is 0 Å². The molecule has 1 aliphatic heterocycles. The van der Waals surface area contributed by atoms with Crippen LogP contribution >= 0.6 is 0 Å². The van der Waals surface area contributed by atoms with Crippen LogP contribution in [-0.2, 0) is 24.5 Å². The minimum atomic E-state index is -4.13. The molecule has 2 aromatic rings. The van der Waals surface area contributed by atoms with E-state index in [4.69, 9.17) is 0 Å². The first-order valence-corrected chi connectivity index (χ1v) is 13.5. The van der Waals surface area contributed by atoms with Gasteiger partial charge < -0.3 is 4.90 Å². The van der Waals surface area contributed by atoms with Gasteiger partial charge in [0, 0.05) is 18.5 Å². The molecule has 0 saturated carbocycles. The molecule has 0 bridgehead atoms. The summed E-state index contributed by atoms with van der Waals surface area (Å²) >= 11 is 0. The molecule has 0 N–H and O–H groups in total. The molecule has 8 heteroatoms. The standard InChI is InChI=1S/C24H27NO5S2/c1-19-8-12-21(13-9-19)31(27,28)18-6-7-23(24(26)25-16-4-3-5-17-25)32(29,30)22-14-10-20(2)11-15-22/h6-15,18H,3-5,16-17H2,1-2H3/b18-6+,23-7-. The zero-order valence-corrected chi connectivity index (χ0v) is 19.8. The van der Waals surface area contributed by atoms with Crippen LogP contribution in [0, 0.1) is 13.8 Å². The average molecular weight is 474 g/mol. The summed E-state index contributed by atoms with van der Waals surface area (Å²) in [5.41, 5.74) is 1.81. The Morgan fingerprint density at radius 3 is 1.81 bits per heavy atom. The molecule has 0 aliphatic carbocycles. The topological polar surface area (TPSA) is 88.6 Å². The van der Waals surface area contributed by atoms with Crippen LogP contribution in [0.5, 0.6) is 0 Å². The Balaban J connectivity index is 2.00. The van der Waals surface area contributed by atoms with Crippen LogP contribution in [0.25, 0.3) is 0 Å². The number of piperidine rings is 1. The number of hydrogen-bond acceptors (Lipinski definition) is 5. The van der Waals surface area contributed by atoms with E-state index >= 15 is 0 Å². The number of aryl methyl sites for hydroxylation is 2. The third-order valence-electron chi connectivity index (χ3n) is 5.33. The van der Waals surface area contributed by atoms with Gasteiger partial charge in [0.25, 0.3) is 5.91 Å². The van der Waals surface area contributed by atoms with Crippen LogP contribution < -0.4 is 0 Å². The van der Waals surface area contributed by atoms with Gasteiger partial charge in [-0.05, 0) is 69.5 Å². The highest BCUT2D eigenvalue weighted by atomic mass is 32.2. The molecular formula is C24H27NO5S2. The molecule has 0 atom stereocenters. The van der Waals surface area contributed by atoms with Crippen molar-refractivity contribution in [1.29, 1.82) is 0 Å². The lowest BCUT2D eigenvalue weighted by atomic mass is 10.1. The van der Waals surface area contributed by atoms with E-state index in [1.54, 1.807) is 24.3 Å². The molecule has 32 heavy (non-hydrogen) atoms. The molecule has 0 spiro atoms. The van der Waals surface area contributed by atoms with E-state index in [0.29, 0.717) is 13.1 Å². The molecule has 0 unspecified atom stereocenters. The van der Waals surface area contributed by atoms with Gasteiger partial charge in [-0.3, -0.25) is 4.79 Å². The number of amides is 1. The van der Waals surface area contributed by atoms with Gasteiger partial charge in [-0.15, -0.1) is 0 Å². The maximum atomic E-state index is 13.3. The Hall–Kier alpha value is -2.71. The summed E-state index contributed by atoms with van der Waals surface area (Å²) in [4.78, 5) is 14.3. The summed E-state index contributed by atoms with van der Waals surface area (Å²) in [6.45, 7) is 4.64. The first kappa shape index (κ1) is 23.9. The molecule has 1 heterocycles. The van der Waals surface area contributed by atoms with Gasteiger partial charge >= 0.3 is 0 Å². The average Bonchev–Trinajstić information content (AvgIpc) is 2.77. The summed E-state index contributed by atoms with van der Waals surface area (Å²) in [5.74, 6) is -0.609. The van der Waals surface area contributed by atoms with Crippen molar-refractivity contribution in [3.05, 3.63) is 82.1 Å². The fourth-order valence-corrected chi connectivity index (χ4v) is 5.73. The Morgan fingerprint density at radius 1 is 0.781 bits per heavy atom. The van der Waals surface area contributed by atoms with Crippen molar-refractivity contribution in [2.75, 3.05) is 13.1 Å². The number of allylic oxidation sites excluding steroid dienone is 2. The number of rotatable bonds is 6. The second-order valence-electron chi connectivity index (χ2n) is 7.89. The van der Waals surface area contributed by atoms with E-state index < -0.39 is 30.5 Å². The largest absolute Gasteiger partial charge is 0.338 e. The van der Waals surface area contributed by atoms with Gasteiger partial charge in [-0.25, -0.2) is 16.8 Å². The number of likely N-dealkylation sites (tertiary alicyclic amines) is 1. The second kappa shape index (κ2) is 9.83. The van der Waals surface area contributed by atoms with Gasteiger partial charge in [-0.1, -0.05) is 35.4 Å². The highest BCUT2D eigenvalue weighted by Gasteiger charge is 2.30. The van der Waals surface area contributed by atoms with E-state index in [9.17, 15) is 21.6 Å². The summed E-state index contributed by atoms with van der Waals surface area (Å²) in [6.07, 6.45) is 4.82. The Kier molecular flexibility index (Phi) is 7.36. The summed E-state index contributed by atoms with van der Waals surface area (Å²) in [6, 6.07) is 12.6. The Morgan fingerprint density at radius 2 is 1.28 bits per heavy atom. The highest BCUT2D eigenvalue weighted by Crippen LogP contribution is 2.24. The number of carbonyl (C=O) groups excluding carboxylic acids is 1. The molecule has 0 radical (unpaired) electrons. The first-order valence-electron chi connectivity index (χ1n) is 10.4. The van der Waals surface area contributed by atoms with Crippen LogP contribution in [0.15, 0.2) is 80.8 Å². The van der Waals surface area contributed by atoms with E-state index in [2.05, 4.69) is 0 Å². The molecular weight excluding hydrogens is 446 g/mol. The summed E-state index contributed by atoms with van der Waals surface area (Å²) in [5, 5.41) is 0.922. The summed E-state index contributed by atoms with van der Waals surface area (Å²) in [7, 11) is -7.91. The maximum Gasteiger partial charge on any atom is 0.265 e. The predicted molar refractivity (Wildman–Crippen MR) is 124 cm³/mol. The summed E-state index contributed by atoms with van der Waals surface area (Å²) < 4.78 is 51.8. The van der Waals surface area contributed by atoms with E-state index in [-0.39, 0.29) is 9.79 Å². The SMILES string of the molecule is Cc1ccc(S(=O)(=O)/C=C/C=C(/C(=O)N2CCCCC2)S(=O)(=O)c2ccc(C)cc2)cc1.